The molecule has 6 nitrogen and oxygen atoms in total. The molecule has 0 aromatic heterocycles. The van der Waals surface area contributed by atoms with Crippen LogP contribution < -0.4 is 19.9 Å². The minimum atomic E-state index is -1.06. The fourth-order valence-corrected chi connectivity index (χ4v) is 4.51. The summed E-state index contributed by atoms with van der Waals surface area (Å²) in [6, 6.07) is 11.2. The predicted molar refractivity (Wildman–Crippen MR) is 126 cm³/mol. The van der Waals surface area contributed by atoms with Crippen LogP contribution in [0, 0.1) is 17.1 Å². The van der Waals surface area contributed by atoms with Crippen LogP contribution in [-0.2, 0) is 4.79 Å². The van der Waals surface area contributed by atoms with Gasteiger partial charge in [0.15, 0.2) is 16.7 Å². The third-order valence-corrected chi connectivity index (χ3v) is 6.74. The number of amides is 1. The van der Waals surface area contributed by atoms with Crippen LogP contribution >= 0.6 is 23.8 Å². The third-order valence-electron chi connectivity index (χ3n) is 6.06. The average Bonchev–Trinajstić information content (AvgIpc) is 3.50. The van der Waals surface area contributed by atoms with Gasteiger partial charge >= 0.3 is 0 Å². The Kier molecular flexibility index (Phi) is 5.61. The molecule has 32 heavy (non-hydrogen) atoms. The van der Waals surface area contributed by atoms with Gasteiger partial charge in [-0.25, -0.2) is 4.39 Å². The Morgan fingerprint density at radius 2 is 1.94 bits per heavy atom. The number of hydrogen-bond donors (Lipinski definition) is 1. The lowest BCUT2D eigenvalue weighted by molar-refractivity contribution is -0.120. The van der Waals surface area contributed by atoms with E-state index in [-0.39, 0.29) is 27.3 Å². The molecule has 0 unspecified atom stereocenters. The minimum absolute atomic E-state index is 0.0705. The topological polar surface area (TPSA) is 68.6 Å². The standard InChI is InChI=1S/C23H22ClFN4O2S/c1-22(2)20(30)28(15-5-4-14(12-26)17(24)10-15)21(32)29(22)16-6-7-19(18(25)11-16)31-13-23(27-3)8-9-23/h4-7,10-11,27H,8-9,13H2,1-3H3. The van der Waals surface area contributed by atoms with Gasteiger partial charge in [0.2, 0.25) is 0 Å². The molecule has 0 radical (unpaired) electrons. The van der Waals surface area contributed by atoms with Crippen molar-refractivity contribution in [1.29, 1.82) is 5.26 Å². The van der Waals surface area contributed by atoms with E-state index in [4.69, 9.17) is 33.8 Å². The number of carbonyl (C=O) groups excluding carboxylic acids is 1. The van der Waals surface area contributed by atoms with E-state index in [0.717, 1.165) is 12.8 Å². The normalized spacial score (nSPS) is 18.6. The molecule has 1 aliphatic heterocycles. The Bertz CT molecular complexity index is 1160. The molecule has 0 atom stereocenters. The quantitative estimate of drug-likeness (QED) is 0.628. The predicted octanol–water partition coefficient (Wildman–Crippen LogP) is 4.40. The Balaban J connectivity index is 1.62. The smallest absolute Gasteiger partial charge is 0.259 e. The number of benzene rings is 2. The minimum Gasteiger partial charge on any atom is -0.489 e. The number of nitriles is 1. The zero-order chi connectivity index (χ0) is 23.3. The fraction of sp³-hybridized carbons (Fsp3) is 0.348. The Labute approximate surface area is 196 Å². The third kappa shape index (κ3) is 3.71. The highest BCUT2D eigenvalue weighted by molar-refractivity contribution is 7.81. The second kappa shape index (κ2) is 8.00. The van der Waals surface area contributed by atoms with Crippen LogP contribution in [0.1, 0.15) is 32.3 Å². The largest absolute Gasteiger partial charge is 0.489 e. The van der Waals surface area contributed by atoms with Crippen LogP contribution in [0.15, 0.2) is 36.4 Å². The summed E-state index contributed by atoms with van der Waals surface area (Å²) in [6.45, 7) is 3.83. The van der Waals surface area contributed by atoms with Crippen molar-refractivity contribution in [3.05, 3.63) is 52.8 Å². The highest BCUT2D eigenvalue weighted by Gasteiger charge is 2.50. The van der Waals surface area contributed by atoms with Gasteiger partial charge in [-0.15, -0.1) is 0 Å². The lowest BCUT2D eigenvalue weighted by atomic mass is 10.0. The molecule has 1 saturated heterocycles. The summed E-state index contributed by atoms with van der Waals surface area (Å²) in [5.41, 5.74) is 0.0556. The molecule has 2 aromatic rings. The van der Waals surface area contributed by atoms with Crippen LogP contribution in [-0.4, -0.2) is 35.8 Å². The summed E-state index contributed by atoms with van der Waals surface area (Å²) >= 11 is 11.8. The molecule has 0 bridgehead atoms. The van der Waals surface area contributed by atoms with Crippen LogP contribution in [0.3, 0.4) is 0 Å². The number of likely N-dealkylation sites (N-methyl/N-ethyl adjacent to an activating group) is 1. The number of halogens is 2. The second-order valence-corrected chi connectivity index (χ2v) is 9.30. The Morgan fingerprint density at radius 1 is 1.25 bits per heavy atom. The number of carbonyl (C=O) groups is 1. The van der Waals surface area contributed by atoms with Crippen molar-refractivity contribution in [1.82, 2.24) is 5.32 Å². The van der Waals surface area contributed by atoms with E-state index in [9.17, 15) is 9.18 Å². The molecule has 166 valence electrons. The first-order valence-electron chi connectivity index (χ1n) is 10.1. The highest BCUT2D eigenvalue weighted by atomic mass is 35.5. The van der Waals surface area contributed by atoms with Gasteiger partial charge in [0.05, 0.1) is 21.8 Å². The van der Waals surface area contributed by atoms with Crippen molar-refractivity contribution in [3.63, 3.8) is 0 Å². The average molecular weight is 473 g/mol. The Morgan fingerprint density at radius 3 is 2.50 bits per heavy atom. The van der Waals surface area contributed by atoms with Crippen molar-refractivity contribution in [3.8, 4) is 11.8 Å². The highest BCUT2D eigenvalue weighted by Crippen LogP contribution is 2.39. The van der Waals surface area contributed by atoms with Crippen molar-refractivity contribution in [2.45, 2.75) is 37.8 Å². The van der Waals surface area contributed by atoms with Crippen molar-refractivity contribution < 1.29 is 13.9 Å². The van der Waals surface area contributed by atoms with Gasteiger partial charge in [-0.05, 0) is 76.3 Å². The van der Waals surface area contributed by atoms with Gasteiger partial charge < -0.3 is 15.0 Å². The first kappa shape index (κ1) is 22.5. The summed E-state index contributed by atoms with van der Waals surface area (Å²) in [6.07, 6.45) is 1.99. The summed E-state index contributed by atoms with van der Waals surface area (Å²) in [4.78, 5) is 16.2. The van der Waals surface area contributed by atoms with Gasteiger partial charge in [-0.1, -0.05) is 11.6 Å². The van der Waals surface area contributed by atoms with E-state index < -0.39 is 11.4 Å². The van der Waals surface area contributed by atoms with Crippen molar-refractivity contribution in [2.24, 2.45) is 0 Å². The zero-order valence-corrected chi connectivity index (χ0v) is 19.5. The maximum Gasteiger partial charge on any atom is 0.259 e. The van der Waals surface area contributed by atoms with E-state index in [0.29, 0.717) is 23.5 Å². The number of nitrogens with one attached hydrogen (secondary N) is 1. The first-order valence-corrected chi connectivity index (χ1v) is 10.9. The van der Waals surface area contributed by atoms with Gasteiger partial charge in [0.25, 0.3) is 5.91 Å². The number of rotatable bonds is 6. The summed E-state index contributed by atoms with van der Waals surface area (Å²) in [5.74, 6) is -0.658. The van der Waals surface area contributed by atoms with Crippen LogP contribution in [0.2, 0.25) is 5.02 Å². The van der Waals surface area contributed by atoms with Crippen molar-refractivity contribution in [2.75, 3.05) is 23.5 Å². The van der Waals surface area contributed by atoms with E-state index in [1.165, 1.54) is 23.1 Å². The molecule has 0 spiro atoms. The number of hydrogen-bond acceptors (Lipinski definition) is 5. The summed E-state index contributed by atoms with van der Waals surface area (Å²) in [5, 5.41) is 12.7. The summed E-state index contributed by atoms with van der Waals surface area (Å²) in [7, 11) is 1.87. The molecule has 1 saturated carbocycles. The number of ether oxygens (including phenoxy) is 1. The monoisotopic (exact) mass is 472 g/mol. The maximum absolute atomic E-state index is 14.9. The SMILES string of the molecule is CNC1(COc2ccc(N3C(=S)N(c4ccc(C#N)c(Cl)c4)C(=O)C3(C)C)cc2F)CC1. The fourth-order valence-electron chi connectivity index (χ4n) is 3.77. The second-order valence-electron chi connectivity index (χ2n) is 8.53. The van der Waals surface area contributed by atoms with Gasteiger partial charge in [-0.3, -0.25) is 9.69 Å². The maximum atomic E-state index is 14.9. The lowest BCUT2D eigenvalue weighted by Crippen LogP contribution is -2.44. The zero-order valence-electron chi connectivity index (χ0n) is 17.9. The number of anilines is 2. The molecule has 9 heteroatoms. The van der Waals surface area contributed by atoms with Gasteiger partial charge in [0.1, 0.15) is 18.2 Å². The molecular weight excluding hydrogens is 451 g/mol. The number of nitrogens with zero attached hydrogens (tertiary/aromatic N) is 3. The van der Waals surface area contributed by atoms with E-state index in [2.05, 4.69) is 5.32 Å². The van der Waals surface area contributed by atoms with E-state index >= 15 is 0 Å². The van der Waals surface area contributed by atoms with Crippen LogP contribution in [0.25, 0.3) is 0 Å². The molecule has 1 heterocycles. The molecule has 1 amide bonds. The van der Waals surface area contributed by atoms with Gasteiger partial charge in [0, 0.05) is 11.8 Å². The summed E-state index contributed by atoms with van der Waals surface area (Å²) < 4.78 is 20.6. The molecule has 1 N–H and O–H groups in total. The molecule has 4 rings (SSSR count). The van der Waals surface area contributed by atoms with E-state index in [1.54, 1.807) is 36.9 Å². The molecule has 2 fully saturated rings. The number of thiocarbonyl (C=S) groups is 1. The molecular formula is C23H22ClFN4O2S. The van der Waals surface area contributed by atoms with Crippen molar-refractivity contribution >= 4 is 46.2 Å². The molecule has 1 aliphatic carbocycles. The first-order chi connectivity index (χ1) is 15.1. The van der Waals surface area contributed by atoms with Gasteiger partial charge in [-0.2, -0.15) is 5.26 Å². The molecule has 2 aromatic carbocycles. The van der Waals surface area contributed by atoms with Crippen LogP contribution in [0.4, 0.5) is 15.8 Å². The lowest BCUT2D eigenvalue weighted by Gasteiger charge is -2.29. The van der Waals surface area contributed by atoms with Crippen LogP contribution in [0.5, 0.6) is 5.75 Å². The molecule has 2 aliphatic rings. The van der Waals surface area contributed by atoms with E-state index in [1.807, 2.05) is 13.1 Å². The Hall–Kier alpha value is -2.73.